The maximum Gasteiger partial charge on any atom is 0.243 e. The SMILES string of the molecule is C=C[C@H]1CN(S(=O)(=O)c2ccc(C)cc2)C[C@H]1/C(=C\CCC)c1ccccc1. The zero-order valence-electron chi connectivity index (χ0n) is 16.7. The molecule has 148 valence electrons. The van der Waals surface area contributed by atoms with Crippen LogP contribution in [0.3, 0.4) is 0 Å². The number of allylic oxidation sites excluding steroid dienone is 1. The van der Waals surface area contributed by atoms with Gasteiger partial charge in [-0.25, -0.2) is 8.42 Å². The van der Waals surface area contributed by atoms with Gasteiger partial charge in [0.05, 0.1) is 4.90 Å². The Morgan fingerprint density at radius 3 is 2.39 bits per heavy atom. The molecule has 0 spiro atoms. The lowest BCUT2D eigenvalue weighted by Crippen LogP contribution is -2.29. The van der Waals surface area contributed by atoms with Gasteiger partial charge in [-0.1, -0.05) is 73.5 Å². The average Bonchev–Trinajstić information content (AvgIpc) is 3.14. The van der Waals surface area contributed by atoms with Gasteiger partial charge in [-0.2, -0.15) is 4.31 Å². The summed E-state index contributed by atoms with van der Waals surface area (Å²) in [5.74, 6) is 0.218. The quantitative estimate of drug-likeness (QED) is 0.597. The first-order chi connectivity index (χ1) is 13.5. The second kappa shape index (κ2) is 8.89. The second-order valence-corrected chi connectivity index (χ2v) is 9.39. The third kappa shape index (κ3) is 4.29. The first-order valence-electron chi connectivity index (χ1n) is 9.92. The number of benzene rings is 2. The third-order valence-corrected chi connectivity index (χ3v) is 7.30. The van der Waals surface area contributed by atoms with E-state index < -0.39 is 10.0 Å². The molecule has 1 fully saturated rings. The highest BCUT2D eigenvalue weighted by atomic mass is 32.2. The molecule has 0 aliphatic carbocycles. The molecule has 0 aromatic heterocycles. The van der Waals surface area contributed by atoms with Gasteiger partial charge in [0.1, 0.15) is 0 Å². The third-order valence-electron chi connectivity index (χ3n) is 5.45. The fourth-order valence-corrected chi connectivity index (χ4v) is 5.33. The highest BCUT2D eigenvalue weighted by molar-refractivity contribution is 7.89. The van der Waals surface area contributed by atoms with E-state index in [9.17, 15) is 8.42 Å². The van der Waals surface area contributed by atoms with E-state index in [-0.39, 0.29) is 11.8 Å². The van der Waals surface area contributed by atoms with Gasteiger partial charge >= 0.3 is 0 Å². The summed E-state index contributed by atoms with van der Waals surface area (Å²) in [5, 5.41) is 0. The van der Waals surface area contributed by atoms with Crippen molar-refractivity contribution in [2.75, 3.05) is 13.1 Å². The molecule has 0 unspecified atom stereocenters. The molecule has 0 saturated carbocycles. The van der Waals surface area contributed by atoms with Crippen molar-refractivity contribution < 1.29 is 8.42 Å². The van der Waals surface area contributed by atoms with Gasteiger partial charge in [0.2, 0.25) is 10.0 Å². The summed E-state index contributed by atoms with van der Waals surface area (Å²) in [7, 11) is -3.51. The molecule has 0 radical (unpaired) electrons. The van der Waals surface area contributed by atoms with Gasteiger partial charge in [-0.05, 0) is 42.5 Å². The van der Waals surface area contributed by atoms with Crippen molar-refractivity contribution in [2.24, 2.45) is 11.8 Å². The molecule has 4 heteroatoms. The summed E-state index contributed by atoms with van der Waals surface area (Å²) < 4.78 is 28.0. The topological polar surface area (TPSA) is 37.4 Å². The number of unbranched alkanes of at least 4 members (excludes halogenated alkanes) is 1. The van der Waals surface area contributed by atoms with E-state index in [0.717, 1.165) is 18.4 Å². The standard InChI is InChI=1S/C24H29NO2S/c1-4-6-12-23(21-10-8-7-9-11-21)24-18-25(17-20(24)5-2)28(26,27)22-15-13-19(3)14-16-22/h5,7-16,20,24H,2,4,6,17-18H2,1,3H3/b23-12-/t20-,24+/m0/s1. The van der Waals surface area contributed by atoms with E-state index in [4.69, 9.17) is 0 Å². The van der Waals surface area contributed by atoms with Crippen molar-refractivity contribution in [3.63, 3.8) is 0 Å². The molecule has 0 amide bonds. The van der Waals surface area contributed by atoms with Crippen molar-refractivity contribution in [1.29, 1.82) is 0 Å². The lowest BCUT2D eigenvalue weighted by molar-refractivity contribution is 0.468. The highest BCUT2D eigenvalue weighted by Gasteiger charge is 2.39. The van der Waals surface area contributed by atoms with Crippen LogP contribution in [0.25, 0.3) is 5.57 Å². The van der Waals surface area contributed by atoms with Crippen molar-refractivity contribution in [3.8, 4) is 0 Å². The van der Waals surface area contributed by atoms with Gasteiger partial charge in [-0.3, -0.25) is 0 Å². The number of rotatable bonds is 7. The van der Waals surface area contributed by atoms with Crippen LogP contribution in [-0.2, 0) is 10.0 Å². The van der Waals surface area contributed by atoms with Crippen molar-refractivity contribution in [1.82, 2.24) is 4.31 Å². The number of aryl methyl sites for hydroxylation is 1. The largest absolute Gasteiger partial charge is 0.243 e. The average molecular weight is 396 g/mol. The Hall–Kier alpha value is -2.17. The Bertz CT molecular complexity index is 930. The van der Waals surface area contributed by atoms with E-state index in [1.54, 1.807) is 16.4 Å². The molecular formula is C24H29NO2S. The first-order valence-corrected chi connectivity index (χ1v) is 11.4. The molecular weight excluding hydrogens is 366 g/mol. The molecule has 1 aliphatic heterocycles. The Morgan fingerprint density at radius 1 is 1.11 bits per heavy atom. The first kappa shape index (κ1) is 20.6. The summed E-state index contributed by atoms with van der Waals surface area (Å²) in [4.78, 5) is 0.361. The maximum absolute atomic E-state index is 13.2. The number of hydrogen-bond acceptors (Lipinski definition) is 2. The molecule has 2 atom stereocenters. The van der Waals surface area contributed by atoms with Crippen LogP contribution in [-0.4, -0.2) is 25.8 Å². The summed E-state index contributed by atoms with van der Waals surface area (Å²) in [5.41, 5.74) is 3.45. The minimum atomic E-state index is -3.51. The molecule has 3 rings (SSSR count). The molecule has 2 aromatic rings. The molecule has 1 aliphatic rings. The Labute approximate surface area is 169 Å². The lowest BCUT2D eigenvalue weighted by Gasteiger charge is -2.20. The molecule has 2 aromatic carbocycles. The number of hydrogen-bond donors (Lipinski definition) is 0. The van der Waals surface area contributed by atoms with Crippen molar-refractivity contribution in [2.45, 2.75) is 31.6 Å². The van der Waals surface area contributed by atoms with E-state index in [0.29, 0.717) is 18.0 Å². The number of sulfonamides is 1. The Morgan fingerprint density at radius 2 is 1.79 bits per heavy atom. The minimum absolute atomic E-state index is 0.100. The van der Waals surface area contributed by atoms with Gasteiger partial charge in [0.15, 0.2) is 0 Å². The van der Waals surface area contributed by atoms with Crippen LogP contribution < -0.4 is 0 Å². The van der Waals surface area contributed by atoms with E-state index in [1.807, 2.05) is 43.3 Å². The normalized spacial score (nSPS) is 21.0. The highest BCUT2D eigenvalue weighted by Crippen LogP contribution is 2.38. The van der Waals surface area contributed by atoms with E-state index in [2.05, 4.69) is 31.7 Å². The van der Waals surface area contributed by atoms with Crippen LogP contribution in [0.5, 0.6) is 0 Å². The fourth-order valence-electron chi connectivity index (χ4n) is 3.83. The predicted octanol–water partition coefficient (Wildman–Crippen LogP) is 5.30. The van der Waals surface area contributed by atoms with Crippen molar-refractivity contribution in [3.05, 3.63) is 84.5 Å². The molecule has 0 N–H and O–H groups in total. The van der Waals surface area contributed by atoms with Crippen LogP contribution in [0.2, 0.25) is 0 Å². The van der Waals surface area contributed by atoms with Gasteiger partial charge < -0.3 is 0 Å². The predicted molar refractivity (Wildman–Crippen MR) is 116 cm³/mol. The number of nitrogens with zero attached hydrogens (tertiary/aromatic N) is 1. The minimum Gasteiger partial charge on any atom is -0.207 e. The molecule has 1 saturated heterocycles. The summed E-state index contributed by atoms with van der Waals surface area (Å²) in [6.07, 6.45) is 6.24. The Balaban J connectivity index is 1.94. The zero-order chi connectivity index (χ0) is 20.1. The molecule has 3 nitrogen and oxygen atoms in total. The second-order valence-electron chi connectivity index (χ2n) is 7.46. The summed E-state index contributed by atoms with van der Waals surface area (Å²) in [6, 6.07) is 17.4. The fraction of sp³-hybridized carbons (Fsp3) is 0.333. The van der Waals surface area contributed by atoms with Crippen LogP contribution >= 0.6 is 0 Å². The van der Waals surface area contributed by atoms with Gasteiger partial charge in [0, 0.05) is 19.0 Å². The Kier molecular flexibility index (Phi) is 6.53. The summed E-state index contributed by atoms with van der Waals surface area (Å²) >= 11 is 0. The monoisotopic (exact) mass is 395 g/mol. The molecule has 1 heterocycles. The maximum atomic E-state index is 13.2. The smallest absolute Gasteiger partial charge is 0.207 e. The van der Waals surface area contributed by atoms with Crippen molar-refractivity contribution >= 4 is 15.6 Å². The summed E-state index contributed by atoms with van der Waals surface area (Å²) in [6.45, 7) is 9.08. The van der Waals surface area contributed by atoms with Crippen LogP contribution in [0.4, 0.5) is 0 Å². The zero-order valence-corrected chi connectivity index (χ0v) is 17.5. The van der Waals surface area contributed by atoms with Gasteiger partial charge in [0.25, 0.3) is 0 Å². The van der Waals surface area contributed by atoms with Gasteiger partial charge in [-0.15, -0.1) is 6.58 Å². The van der Waals surface area contributed by atoms with E-state index >= 15 is 0 Å². The molecule has 28 heavy (non-hydrogen) atoms. The van der Waals surface area contributed by atoms with Crippen LogP contribution in [0.15, 0.2) is 78.2 Å². The lowest BCUT2D eigenvalue weighted by atomic mass is 9.84. The van der Waals surface area contributed by atoms with E-state index in [1.165, 1.54) is 11.1 Å². The molecule has 0 bridgehead atoms. The van der Waals surface area contributed by atoms with Crippen LogP contribution in [0, 0.1) is 18.8 Å². The van der Waals surface area contributed by atoms with Crippen LogP contribution in [0.1, 0.15) is 30.9 Å².